The summed E-state index contributed by atoms with van der Waals surface area (Å²) in [4.78, 5) is 24.4. The highest BCUT2D eigenvalue weighted by Crippen LogP contribution is 2.08. The number of hydrogen-bond donors (Lipinski definition) is 1. The van der Waals surface area contributed by atoms with Crippen LogP contribution in [0.5, 0.6) is 0 Å². The third kappa shape index (κ3) is 2.76. The molecule has 15 heavy (non-hydrogen) atoms. The average Bonchev–Trinajstić information content (AvgIpc) is 2.21. The predicted octanol–water partition coefficient (Wildman–Crippen LogP) is -0.988. The van der Waals surface area contributed by atoms with Crippen LogP contribution in [0, 0.1) is 0 Å². The molecular formula is C9H16N4O2. The minimum absolute atomic E-state index is 0.0620. The van der Waals surface area contributed by atoms with Crippen molar-refractivity contribution in [3.63, 3.8) is 0 Å². The lowest BCUT2D eigenvalue weighted by Crippen LogP contribution is -2.40. The van der Waals surface area contributed by atoms with Crippen molar-refractivity contribution >= 4 is 17.5 Å². The van der Waals surface area contributed by atoms with Crippen molar-refractivity contribution in [3.05, 3.63) is 0 Å². The Kier molecular flexibility index (Phi) is 3.79. The van der Waals surface area contributed by atoms with Crippen molar-refractivity contribution in [1.29, 1.82) is 0 Å². The van der Waals surface area contributed by atoms with E-state index in [9.17, 15) is 9.59 Å². The molecule has 0 fully saturated rings. The van der Waals surface area contributed by atoms with E-state index in [0.29, 0.717) is 31.6 Å². The van der Waals surface area contributed by atoms with E-state index in [1.54, 1.807) is 14.1 Å². The molecule has 0 radical (unpaired) electrons. The topological polar surface area (TPSA) is 79.0 Å². The standard InChI is InChI=1S/C9H16N4O2/c1-12(6-5-10)9(15)7-3-4-8(14)13(2)11-7/h3-6,10H2,1-2H3. The number of nitrogens with zero attached hydrogens (tertiary/aromatic N) is 3. The molecule has 0 bridgehead atoms. The molecule has 0 atom stereocenters. The Morgan fingerprint density at radius 2 is 2.27 bits per heavy atom. The second-order valence-corrected chi connectivity index (χ2v) is 3.48. The van der Waals surface area contributed by atoms with Gasteiger partial charge in [0.15, 0.2) is 0 Å². The zero-order valence-corrected chi connectivity index (χ0v) is 9.06. The molecule has 2 N–H and O–H groups in total. The molecule has 1 heterocycles. The maximum absolute atomic E-state index is 11.7. The summed E-state index contributed by atoms with van der Waals surface area (Å²) in [5.74, 6) is -0.215. The molecule has 0 aromatic carbocycles. The predicted molar refractivity (Wildman–Crippen MR) is 56.1 cm³/mol. The Hall–Kier alpha value is -1.43. The van der Waals surface area contributed by atoms with Crippen LogP contribution in [0.4, 0.5) is 0 Å². The number of carbonyl (C=O) groups excluding carboxylic acids is 2. The first kappa shape index (κ1) is 11.6. The maximum Gasteiger partial charge on any atom is 0.269 e. The van der Waals surface area contributed by atoms with Gasteiger partial charge in [-0.3, -0.25) is 9.59 Å². The summed E-state index contributed by atoms with van der Waals surface area (Å²) in [5, 5.41) is 5.15. The normalized spacial score (nSPS) is 16.3. The van der Waals surface area contributed by atoms with E-state index in [1.165, 1.54) is 9.91 Å². The Bertz CT molecular complexity index is 300. The molecule has 0 unspecified atom stereocenters. The van der Waals surface area contributed by atoms with Gasteiger partial charge in [0, 0.05) is 40.0 Å². The molecule has 2 amide bonds. The summed E-state index contributed by atoms with van der Waals surface area (Å²) in [7, 11) is 3.23. The molecule has 0 aliphatic carbocycles. The lowest BCUT2D eigenvalue weighted by atomic mass is 10.1. The number of rotatable bonds is 3. The Labute approximate surface area is 88.7 Å². The van der Waals surface area contributed by atoms with Gasteiger partial charge in [-0.1, -0.05) is 0 Å². The van der Waals surface area contributed by atoms with Crippen LogP contribution in [0.2, 0.25) is 0 Å². The van der Waals surface area contributed by atoms with Crippen molar-refractivity contribution in [2.75, 3.05) is 27.2 Å². The van der Waals surface area contributed by atoms with E-state index in [0.717, 1.165) is 0 Å². The van der Waals surface area contributed by atoms with Gasteiger partial charge in [-0.25, -0.2) is 5.01 Å². The van der Waals surface area contributed by atoms with Gasteiger partial charge in [0.05, 0.1) is 0 Å². The van der Waals surface area contributed by atoms with Crippen molar-refractivity contribution < 1.29 is 9.59 Å². The van der Waals surface area contributed by atoms with Crippen LogP contribution in [0.1, 0.15) is 12.8 Å². The molecule has 6 nitrogen and oxygen atoms in total. The van der Waals surface area contributed by atoms with Crippen LogP contribution < -0.4 is 5.73 Å². The maximum atomic E-state index is 11.7. The molecule has 0 saturated carbocycles. The van der Waals surface area contributed by atoms with Crippen LogP contribution in [0.3, 0.4) is 0 Å². The minimum atomic E-state index is -0.153. The summed E-state index contributed by atoms with van der Waals surface area (Å²) in [6.45, 7) is 0.916. The van der Waals surface area contributed by atoms with Crippen LogP contribution in [-0.4, -0.2) is 54.6 Å². The third-order valence-corrected chi connectivity index (χ3v) is 2.27. The first-order chi connectivity index (χ1) is 7.06. The summed E-state index contributed by atoms with van der Waals surface area (Å²) >= 11 is 0. The highest BCUT2D eigenvalue weighted by Gasteiger charge is 2.23. The molecule has 6 heteroatoms. The van der Waals surface area contributed by atoms with E-state index < -0.39 is 0 Å². The summed E-state index contributed by atoms with van der Waals surface area (Å²) in [5.41, 5.74) is 5.77. The fourth-order valence-corrected chi connectivity index (χ4v) is 1.34. The van der Waals surface area contributed by atoms with Gasteiger partial charge in [-0.2, -0.15) is 5.10 Å². The largest absolute Gasteiger partial charge is 0.339 e. The highest BCUT2D eigenvalue weighted by atomic mass is 16.2. The second kappa shape index (κ2) is 4.88. The van der Waals surface area contributed by atoms with Crippen LogP contribution in [0.15, 0.2) is 5.10 Å². The van der Waals surface area contributed by atoms with Gasteiger partial charge in [-0.15, -0.1) is 0 Å². The molecule has 1 rings (SSSR count). The van der Waals surface area contributed by atoms with Crippen LogP contribution >= 0.6 is 0 Å². The molecule has 0 aromatic rings. The number of likely N-dealkylation sites (N-methyl/N-ethyl adjacent to an activating group) is 1. The highest BCUT2D eigenvalue weighted by molar-refractivity contribution is 6.39. The number of carbonyl (C=O) groups is 2. The first-order valence-electron chi connectivity index (χ1n) is 4.86. The van der Waals surface area contributed by atoms with E-state index in [1.807, 2.05) is 0 Å². The van der Waals surface area contributed by atoms with Gasteiger partial charge in [0.25, 0.3) is 5.91 Å². The van der Waals surface area contributed by atoms with Crippen molar-refractivity contribution in [2.24, 2.45) is 10.8 Å². The zero-order valence-electron chi connectivity index (χ0n) is 9.06. The number of hydrazone groups is 1. The summed E-state index contributed by atoms with van der Waals surface area (Å²) < 4.78 is 0. The van der Waals surface area contributed by atoms with Gasteiger partial charge in [-0.05, 0) is 0 Å². The minimum Gasteiger partial charge on any atom is -0.339 e. The Morgan fingerprint density at radius 1 is 1.60 bits per heavy atom. The summed E-state index contributed by atoms with van der Waals surface area (Å²) in [6.07, 6.45) is 0.758. The van der Waals surface area contributed by atoms with Crippen LogP contribution in [0.25, 0.3) is 0 Å². The first-order valence-corrected chi connectivity index (χ1v) is 4.86. The monoisotopic (exact) mass is 212 g/mol. The summed E-state index contributed by atoms with van der Waals surface area (Å²) in [6, 6.07) is 0. The molecular weight excluding hydrogens is 196 g/mol. The molecule has 84 valence electrons. The van der Waals surface area contributed by atoms with E-state index in [4.69, 9.17) is 5.73 Å². The number of hydrogen-bond acceptors (Lipinski definition) is 4. The molecule has 0 spiro atoms. The zero-order chi connectivity index (χ0) is 11.4. The molecule has 0 saturated heterocycles. The quantitative estimate of drug-likeness (QED) is 0.652. The van der Waals surface area contributed by atoms with Crippen molar-refractivity contribution in [1.82, 2.24) is 9.91 Å². The Balaban J connectivity index is 2.68. The lowest BCUT2D eigenvalue weighted by Gasteiger charge is -2.22. The number of nitrogens with two attached hydrogens (primary N) is 1. The van der Waals surface area contributed by atoms with Crippen molar-refractivity contribution in [2.45, 2.75) is 12.8 Å². The van der Waals surface area contributed by atoms with E-state index in [2.05, 4.69) is 5.10 Å². The van der Waals surface area contributed by atoms with Crippen molar-refractivity contribution in [3.8, 4) is 0 Å². The van der Waals surface area contributed by atoms with E-state index >= 15 is 0 Å². The fourth-order valence-electron chi connectivity index (χ4n) is 1.34. The molecule has 0 aromatic heterocycles. The van der Waals surface area contributed by atoms with Gasteiger partial charge in [0.2, 0.25) is 5.91 Å². The van der Waals surface area contributed by atoms with Gasteiger partial charge < -0.3 is 10.6 Å². The molecule has 1 aliphatic rings. The smallest absolute Gasteiger partial charge is 0.269 e. The van der Waals surface area contributed by atoms with Gasteiger partial charge >= 0.3 is 0 Å². The Morgan fingerprint density at radius 3 is 2.80 bits per heavy atom. The molecule has 1 aliphatic heterocycles. The van der Waals surface area contributed by atoms with Gasteiger partial charge in [0.1, 0.15) is 5.71 Å². The van der Waals surface area contributed by atoms with Crippen LogP contribution in [-0.2, 0) is 9.59 Å². The van der Waals surface area contributed by atoms with E-state index in [-0.39, 0.29) is 11.8 Å². The number of amides is 2. The third-order valence-electron chi connectivity index (χ3n) is 2.27. The lowest BCUT2D eigenvalue weighted by molar-refractivity contribution is -0.130. The second-order valence-electron chi connectivity index (χ2n) is 3.48. The SMILES string of the molecule is CN(CCN)C(=O)C1=NN(C)C(=O)CC1. The average molecular weight is 212 g/mol. The fraction of sp³-hybridized carbons (Fsp3) is 0.667.